The summed E-state index contributed by atoms with van der Waals surface area (Å²) in [5, 5.41) is 16.3. The molecule has 3 heterocycles. The van der Waals surface area contributed by atoms with Gasteiger partial charge >= 0.3 is 0 Å². The molecule has 0 saturated carbocycles. The van der Waals surface area contributed by atoms with Crippen molar-refractivity contribution < 1.29 is 19.1 Å². The second-order valence-electron chi connectivity index (χ2n) is 9.91. The Balaban J connectivity index is 1.14. The maximum absolute atomic E-state index is 13.2. The van der Waals surface area contributed by atoms with E-state index in [4.69, 9.17) is 0 Å². The topological polar surface area (TPSA) is 84.9 Å². The van der Waals surface area contributed by atoms with Crippen LogP contribution in [0.25, 0.3) is 0 Å². The highest BCUT2D eigenvalue weighted by Crippen LogP contribution is 2.37. The molecule has 0 aromatic heterocycles. The summed E-state index contributed by atoms with van der Waals surface area (Å²) in [6, 6.07) is 12.1. The van der Waals surface area contributed by atoms with Crippen LogP contribution in [0.4, 0.5) is 4.39 Å². The summed E-state index contributed by atoms with van der Waals surface area (Å²) >= 11 is 0. The van der Waals surface area contributed by atoms with Crippen molar-refractivity contribution in [1.82, 2.24) is 20.4 Å². The molecule has 3 aliphatic heterocycles. The summed E-state index contributed by atoms with van der Waals surface area (Å²) in [5.41, 5.74) is 4.36. The zero-order chi connectivity index (χ0) is 24.5. The van der Waals surface area contributed by atoms with Crippen LogP contribution < -0.4 is 10.6 Å². The molecule has 0 aliphatic carbocycles. The summed E-state index contributed by atoms with van der Waals surface area (Å²) in [7, 11) is 0. The molecule has 0 unspecified atom stereocenters. The van der Waals surface area contributed by atoms with Crippen LogP contribution in [0.15, 0.2) is 42.5 Å². The van der Waals surface area contributed by atoms with Gasteiger partial charge in [-0.25, -0.2) is 4.39 Å². The number of piperidine rings is 1. The van der Waals surface area contributed by atoms with E-state index in [1.807, 2.05) is 29.2 Å². The summed E-state index contributed by atoms with van der Waals surface area (Å²) in [6.07, 6.45) is 1.80. The fraction of sp³-hybridized carbons (Fsp3) is 0.481. The van der Waals surface area contributed by atoms with Crippen molar-refractivity contribution in [3.05, 3.63) is 70.5 Å². The van der Waals surface area contributed by atoms with Gasteiger partial charge in [0.1, 0.15) is 18.1 Å². The number of nitrogens with one attached hydrogen (secondary N) is 2. The average Bonchev–Trinajstić information content (AvgIpc) is 2.87. The standard InChI is InChI=1S/C27H33FN4O3/c1-17(27(35)31-12-9-19(10-13-31)18-5-7-21(28)8-6-18)30-24(33)16-32-14-11-20-3-2-4-22-25(20)23(32)15-29-26(22)34/h2-8,17,19,23,26,29,34H,9-16H2,1H3,(H,30,33)/t17-,23-,26+/m0/s1. The van der Waals surface area contributed by atoms with Crippen molar-refractivity contribution in [3.63, 3.8) is 0 Å². The van der Waals surface area contributed by atoms with Gasteiger partial charge in [-0.3, -0.25) is 19.8 Å². The Morgan fingerprint density at radius 2 is 1.89 bits per heavy atom. The van der Waals surface area contributed by atoms with Gasteiger partial charge in [-0.05, 0) is 60.9 Å². The van der Waals surface area contributed by atoms with Crippen molar-refractivity contribution in [2.45, 2.75) is 50.4 Å². The van der Waals surface area contributed by atoms with Crippen molar-refractivity contribution in [1.29, 1.82) is 0 Å². The first kappa shape index (κ1) is 23.9. The van der Waals surface area contributed by atoms with Crippen molar-refractivity contribution in [2.24, 2.45) is 0 Å². The highest BCUT2D eigenvalue weighted by atomic mass is 19.1. The van der Waals surface area contributed by atoms with Crippen LogP contribution in [-0.4, -0.2) is 65.5 Å². The zero-order valence-electron chi connectivity index (χ0n) is 20.0. The normalized spacial score (nSPS) is 23.5. The Labute approximate surface area is 205 Å². The lowest BCUT2D eigenvalue weighted by Crippen LogP contribution is -2.53. The third-order valence-electron chi connectivity index (χ3n) is 7.71. The molecule has 0 bridgehead atoms. The second kappa shape index (κ2) is 10.0. The van der Waals surface area contributed by atoms with E-state index in [2.05, 4.69) is 21.6 Å². The molecular formula is C27H33FN4O3. The minimum absolute atomic E-state index is 0.0283. The molecule has 1 saturated heterocycles. The molecule has 5 rings (SSSR count). The number of halogens is 1. The molecule has 2 aromatic rings. The van der Waals surface area contributed by atoms with E-state index in [1.54, 1.807) is 6.92 Å². The van der Waals surface area contributed by atoms with E-state index in [-0.39, 0.29) is 30.2 Å². The second-order valence-corrected chi connectivity index (χ2v) is 9.91. The monoisotopic (exact) mass is 480 g/mol. The van der Waals surface area contributed by atoms with Crippen molar-refractivity contribution >= 4 is 11.8 Å². The van der Waals surface area contributed by atoms with E-state index < -0.39 is 12.3 Å². The predicted octanol–water partition coefficient (Wildman–Crippen LogP) is 2.23. The van der Waals surface area contributed by atoms with E-state index in [1.165, 1.54) is 17.7 Å². The maximum Gasteiger partial charge on any atom is 0.244 e. The Morgan fingerprint density at radius 1 is 1.14 bits per heavy atom. The van der Waals surface area contributed by atoms with E-state index in [0.717, 1.165) is 42.5 Å². The number of nitrogens with zero attached hydrogens (tertiary/aromatic N) is 2. The Hall–Kier alpha value is -2.81. The van der Waals surface area contributed by atoms with Crippen LogP contribution >= 0.6 is 0 Å². The minimum atomic E-state index is -0.681. The first-order chi connectivity index (χ1) is 16.9. The van der Waals surface area contributed by atoms with Crippen LogP contribution in [-0.2, 0) is 16.0 Å². The van der Waals surface area contributed by atoms with Crippen LogP contribution in [0.3, 0.4) is 0 Å². The van der Waals surface area contributed by atoms with Gasteiger partial charge in [0.05, 0.1) is 6.54 Å². The smallest absolute Gasteiger partial charge is 0.244 e. The molecule has 35 heavy (non-hydrogen) atoms. The number of aliphatic hydroxyl groups is 1. The highest BCUT2D eigenvalue weighted by Gasteiger charge is 2.36. The summed E-state index contributed by atoms with van der Waals surface area (Å²) in [6.45, 7) is 4.54. The molecular weight excluding hydrogens is 447 g/mol. The summed E-state index contributed by atoms with van der Waals surface area (Å²) in [4.78, 5) is 29.8. The molecule has 2 amide bonds. The van der Waals surface area contributed by atoms with Crippen molar-refractivity contribution in [3.8, 4) is 0 Å². The molecule has 7 nitrogen and oxygen atoms in total. The van der Waals surface area contributed by atoms with Gasteiger partial charge in [0.2, 0.25) is 11.8 Å². The molecule has 8 heteroatoms. The summed E-state index contributed by atoms with van der Waals surface area (Å²) in [5.74, 6) is -0.153. The highest BCUT2D eigenvalue weighted by molar-refractivity contribution is 5.88. The Kier molecular flexibility index (Phi) is 6.86. The van der Waals surface area contributed by atoms with Gasteiger partial charge in [-0.2, -0.15) is 0 Å². The molecule has 186 valence electrons. The number of hydrogen-bond donors (Lipinski definition) is 3. The zero-order valence-corrected chi connectivity index (χ0v) is 20.0. The van der Waals surface area contributed by atoms with Gasteiger partial charge in [-0.1, -0.05) is 30.3 Å². The molecule has 0 spiro atoms. The predicted molar refractivity (Wildman–Crippen MR) is 130 cm³/mol. The number of likely N-dealkylation sites (tertiary alicyclic amines) is 1. The molecule has 2 aromatic carbocycles. The fourth-order valence-corrected chi connectivity index (χ4v) is 5.83. The lowest BCUT2D eigenvalue weighted by molar-refractivity contribution is -0.137. The van der Waals surface area contributed by atoms with Gasteiger partial charge in [0.25, 0.3) is 0 Å². The SMILES string of the molecule is C[C@H](NC(=O)CN1CCc2cccc3c2[C@@H]1CN[C@@H]3O)C(=O)N1CCC(c2ccc(F)cc2)CC1. The lowest BCUT2D eigenvalue weighted by atomic mass is 9.85. The number of rotatable bonds is 5. The molecule has 0 radical (unpaired) electrons. The quantitative estimate of drug-likeness (QED) is 0.611. The number of benzene rings is 2. The molecule has 3 N–H and O–H groups in total. The third kappa shape index (κ3) is 4.96. The van der Waals surface area contributed by atoms with Gasteiger partial charge in [-0.15, -0.1) is 0 Å². The molecule has 3 atom stereocenters. The van der Waals surface area contributed by atoms with Gasteiger partial charge < -0.3 is 15.3 Å². The lowest BCUT2D eigenvalue weighted by Gasteiger charge is -2.42. The number of hydrogen-bond acceptors (Lipinski definition) is 5. The molecule has 1 fully saturated rings. The average molecular weight is 481 g/mol. The van der Waals surface area contributed by atoms with Crippen LogP contribution in [0.5, 0.6) is 0 Å². The van der Waals surface area contributed by atoms with Gasteiger partial charge in [0, 0.05) is 37.8 Å². The van der Waals surface area contributed by atoms with E-state index in [9.17, 15) is 19.1 Å². The van der Waals surface area contributed by atoms with Crippen molar-refractivity contribution in [2.75, 3.05) is 32.7 Å². The van der Waals surface area contributed by atoms with Gasteiger partial charge in [0.15, 0.2) is 0 Å². The first-order valence-corrected chi connectivity index (χ1v) is 12.5. The number of carbonyl (C=O) groups is 2. The van der Waals surface area contributed by atoms with Crippen LogP contribution in [0, 0.1) is 5.82 Å². The summed E-state index contributed by atoms with van der Waals surface area (Å²) < 4.78 is 13.2. The fourth-order valence-electron chi connectivity index (χ4n) is 5.83. The Bertz CT molecular complexity index is 1080. The molecule has 3 aliphatic rings. The Morgan fingerprint density at radius 3 is 2.63 bits per heavy atom. The first-order valence-electron chi connectivity index (χ1n) is 12.5. The number of carbonyl (C=O) groups excluding carboxylic acids is 2. The minimum Gasteiger partial charge on any atom is -0.374 e. The van der Waals surface area contributed by atoms with E-state index in [0.29, 0.717) is 25.6 Å². The number of aliphatic hydroxyl groups excluding tert-OH is 1. The van der Waals surface area contributed by atoms with E-state index >= 15 is 0 Å². The van der Waals surface area contributed by atoms with Crippen LogP contribution in [0.1, 0.15) is 60.2 Å². The third-order valence-corrected chi connectivity index (χ3v) is 7.71. The van der Waals surface area contributed by atoms with Crippen LogP contribution in [0.2, 0.25) is 0 Å². The number of amides is 2. The largest absolute Gasteiger partial charge is 0.374 e. The maximum atomic E-state index is 13.2.